The third-order valence-electron chi connectivity index (χ3n) is 10.9. The molecule has 47 heavy (non-hydrogen) atoms. The van der Waals surface area contributed by atoms with E-state index in [0.29, 0.717) is 22.0 Å². The van der Waals surface area contributed by atoms with Crippen molar-refractivity contribution >= 4 is 40.6 Å². The zero-order valence-corrected chi connectivity index (χ0v) is 27.7. The van der Waals surface area contributed by atoms with Gasteiger partial charge in [-0.3, -0.25) is 9.69 Å². The second-order valence-corrected chi connectivity index (χ2v) is 15.1. The number of hydrogen-bond acceptors (Lipinski definition) is 4. The third kappa shape index (κ3) is 5.54. The van der Waals surface area contributed by atoms with Crippen molar-refractivity contribution in [2.45, 2.75) is 64.3 Å². The number of hydrogen-bond donors (Lipinski definition) is 1. The van der Waals surface area contributed by atoms with Crippen molar-refractivity contribution in [2.75, 3.05) is 0 Å². The minimum absolute atomic E-state index is 0.114. The minimum atomic E-state index is -0.975. The molecule has 0 radical (unpaired) electrons. The maximum Gasteiger partial charge on any atom is 0.335 e. The molecule has 0 atom stereocenters. The van der Waals surface area contributed by atoms with E-state index in [0.717, 1.165) is 51.6 Å². The highest BCUT2D eigenvalue weighted by Gasteiger charge is 2.51. The molecule has 9 rings (SSSR count). The summed E-state index contributed by atoms with van der Waals surface area (Å²) in [4.78, 5) is 32.4. The summed E-state index contributed by atoms with van der Waals surface area (Å²) >= 11 is 1.38. The zero-order valence-electron chi connectivity index (χ0n) is 26.9. The van der Waals surface area contributed by atoms with Gasteiger partial charge in [0, 0.05) is 17.1 Å². The van der Waals surface area contributed by atoms with E-state index in [2.05, 4.69) is 48.7 Å². The quantitative estimate of drug-likeness (QED) is 0.204. The number of amides is 1. The fraction of sp³-hybridized carbons (Fsp3) is 0.325. The van der Waals surface area contributed by atoms with E-state index in [4.69, 9.17) is 4.99 Å². The topological polar surface area (TPSA) is 74.9 Å². The monoisotopic (exact) mass is 641 g/mol. The Hall–Kier alpha value is -4.36. The largest absolute Gasteiger partial charge is 0.478 e. The van der Waals surface area contributed by atoms with Crippen molar-refractivity contribution in [1.82, 2.24) is 9.47 Å². The molecule has 4 aliphatic carbocycles. The number of para-hydroxylation sites is 1. The molecule has 5 aliphatic rings. The van der Waals surface area contributed by atoms with Crippen molar-refractivity contribution < 1.29 is 14.7 Å². The van der Waals surface area contributed by atoms with Gasteiger partial charge in [-0.15, -0.1) is 0 Å². The summed E-state index contributed by atoms with van der Waals surface area (Å²) < 4.78 is 2.29. The van der Waals surface area contributed by atoms with Gasteiger partial charge < -0.3 is 9.67 Å². The van der Waals surface area contributed by atoms with Gasteiger partial charge in [0.05, 0.1) is 22.7 Å². The molecule has 7 heteroatoms. The molecule has 3 aromatic carbocycles. The molecule has 1 N–H and O–H groups in total. The van der Waals surface area contributed by atoms with Crippen LogP contribution in [0.3, 0.4) is 0 Å². The van der Waals surface area contributed by atoms with Crippen molar-refractivity contribution in [3.63, 3.8) is 0 Å². The molecule has 5 fully saturated rings. The predicted molar refractivity (Wildman–Crippen MR) is 188 cm³/mol. The van der Waals surface area contributed by atoms with Gasteiger partial charge in [0.25, 0.3) is 5.91 Å². The van der Waals surface area contributed by atoms with Crippen LogP contribution in [0.2, 0.25) is 0 Å². The van der Waals surface area contributed by atoms with E-state index in [1.807, 2.05) is 36.4 Å². The van der Waals surface area contributed by atoms with E-state index in [9.17, 15) is 14.7 Å². The highest BCUT2D eigenvalue weighted by Crippen LogP contribution is 2.60. The number of rotatable bonds is 7. The first kappa shape index (κ1) is 30.0. The molecule has 2 heterocycles. The van der Waals surface area contributed by atoms with Gasteiger partial charge in [0.2, 0.25) is 0 Å². The Labute approximate surface area is 280 Å². The number of carbonyl (C=O) groups excluding carboxylic acids is 1. The molecule has 4 aromatic rings. The summed E-state index contributed by atoms with van der Waals surface area (Å²) in [6, 6.07) is 27.8. The summed E-state index contributed by atoms with van der Waals surface area (Å²) in [5.41, 5.74) is 8.11. The van der Waals surface area contributed by atoms with Gasteiger partial charge >= 0.3 is 5.97 Å². The van der Waals surface area contributed by atoms with Gasteiger partial charge in [-0.25, -0.2) is 9.79 Å². The van der Waals surface area contributed by atoms with Crippen LogP contribution in [-0.2, 0) is 16.8 Å². The Bertz CT molecular complexity index is 1890. The molecule has 1 amide bonds. The SMILES string of the molecule is Cc1cc(/C=C2\SC(=Nc3ccccc3)N(Cc3ccc(C(=O)O)cc3)C2=O)c(C)n1-c1ccc(C23CC4CC(CC(C4)C2)C3)cc1. The Morgan fingerprint density at radius 1 is 0.915 bits per heavy atom. The van der Waals surface area contributed by atoms with Gasteiger partial charge in [-0.2, -0.15) is 0 Å². The predicted octanol–water partition coefficient (Wildman–Crippen LogP) is 9.06. The van der Waals surface area contributed by atoms with Crippen molar-refractivity contribution in [1.29, 1.82) is 0 Å². The summed E-state index contributed by atoms with van der Waals surface area (Å²) in [6.07, 6.45) is 10.4. The maximum atomic E-state index is 13.9. The highest BCUT2D eigenvalue weighted by molar-refractivity contribution is 8.18. The lowest BCUT2D eigenvalue weighted by Gasteiger charge is -2.57. The summed E-state index contributed by atoms with van der Waals surface area (Å²) in [5, 5.41) is 9.91. The second-order valence-electron chi connectivity index (χ2n) is 14.1. The van der Waals surface area contributed by atoms with Gasteiger partial charge in [-0.05, 0) is 153 Å². The smallest absolute Gasteiger partial charge is 0.335 e. The average Bonchev–Trinajstić information content (AvgIpc) is 3.50. The molecule has 238 valence electrons. The van der Waals surface area contributed by atoms with E-state index >= 15 is 0 Å². The van der Waals surface area contributed by atoms with Crippen molar-refractivity contribution in [2.24, 2.45) is 22.7 Å². The van der Waals surface area contributed by atoms with E-state index in [-0.39, 0.29) is 11.5 Å². The number of thioether (sulfide) groups is 1. The van der Waals surface area contributed by atoms with Crippen LogP contribution >= 0.6 is 11.8 Å². The molecule has 1 aromatic heterocycles. The number of carboxylic acid groups (broad SMARTS) is 1. The Kier molecular flexibility index (Phi) is 7.47. The molecule has 6 nitrogen and oxygen atoms in total. The number of benzene rings is 3. The van der Waals surface area contributed by atoms with Crippen LogP contribution < -0.4 is 0 Å². The zero-order chi connectivity index (χ0) is 32.3. The number of aromatic carboxylic acids is 1. The fourth-order valence-electron chi connectivity index (χ4n) is 9.18. The maximum absolute atomic E-state index is 13.9. The molecular formula is C40H39N3O3S. The summed E-state index contributed by atoms with van der Waals surface area (Å²) in [5.74, 6) is 1.68. The lowest BCUT2D eigenvalue weighted by atomic mass is 9.48. The number of aromatic nitrogens is 1. The summed E-state index contributed by atoms with van der Waals surface area (Å²) in [7, 11) is 0. The molecular weight excluding hydrogens is 603 g/mol. The van der Waals surface area contributed by atoms with Gasteiger partial charge in [-0.1, -0.05) is 42.5 Å². The van der Waals surface area contributed by atoms with Gasteiger partial charge in [0.1, 0.15) is 0 Å². The molecule has 4 bridgehead atoms. The fourth-order valence-corrected chi connectivity index (χ4v) is 10.2. The molecule has 1 saturated heterocycles. The summed E-state index contributed by atoms with van der Waals surface area (Å²) in [6.45, 7) is 4.54. The molecule has 4 saturated carbocycles. The van der Waals surface area contributed by atoms with Crippen molar-refractivity contribution in [3.05, 3.63) is 123 Å². The average molecular weight is 642 g/mol. The number of amidine groups is 1. The number of carbonyl (C=O) groups is 2. The molecule has 0 spiro atoms. The number of aryl methyl sites for hydroxylation is 1. The molecule has 0 unspecified atom stereocenters. The normalized spacial score (nSPS) is 26.6. The number of nitrogens with zero attached hydrogens (tertiary/aromatic N) is 3. The standard InChI is InChI=1S/C40H39N3O3S/c1-25-16-32(26(2)43(25)35-14-12-33(13-15-35)40-21-28-17-29(22-40)19-30(18-28)23-40)20-36-37(44)42(24-27-8-10-31(11-9-27)38(45)46)39(47-36)41-34-6-4-3-5-7-34/h3-16,20,28-30H,17-19,21-24H2,1-2H3,(H,45,46)/b36-20-,41-39?. The van der Waals surface area contributed by atoms with E-state index in [1.54, 1.807) is 29.2 Å². The third-order valence-corrected chi connectivity index (χ3v) is 12.0. The van der Waals surface area contributed by atoms with Crippen molar-refractivity contribution in [3.8, 4) is 5.69 Å². The Morgan fingerprint density at radius 3 is 2.17 bits per heavy atom. The van der Waals surface area contributed by atoms with Crippen LogP contribution in [0.5, 0.6) is 0 Å². The number of carboxylic acids is 1. The van der Waals surface area contributed by atoms with Gasteiger partial charge in [0.15, 0.2) is 5.17 Å². The van der Waals surface area contributed by atoms with Crippen LogP contribution in [0.15, 0.2) is 94.8 Å². The lowest BCUT2D eigenvalue weighted by molar-refractivity contribution is -0.122. The van der Waals surface area contributed by atoms with E-state index in [1.165, 1.54) is 55.9 Å². The van der Waals surface area contributed by atoms with Crippen LogP contribution in [0.25, 0.3) is 11.8 Å². The second kappa shape index (κ2) is 11.7. The first-order valence-corrected chi connectivity index (χ1v) is 17.5. The van der Waals surface area contributed by atoms with Crippen LogP contribution in [0.1, 0.15) is 77.0 Å². The molecule has 1 aliphatic heterocycles. The number of aliphatic imine (C=N–C) groups is 1. The van der Waals surface area contributed by atoms with Crippen LogP contribution in [0.4, 0.5) is 5.69 Å². The Morgan fingerprint density at radius 2 is 1.55 bits per heavy atom. The minimum Gasteiger partial charge on any atom is -0.478 e. The lowest BCUT2D eigenvalue weighted by Crippen LogP contribution is -2.48. The highest BCUT2D eigenvalue weighted by atomic mass is 32.2. The van der Waals surface area contributed by atoms with Crippen LogP contribution in [0, 0.1) is 31.6 Å². The first-order valence-electron chi connectivity index (χ1n) is 16.7. The van der Waals surface area contributed by atoms with E-state index < -0.39 is 5.97 Å². The first-order chi connectivity index (χ1) is 22.7. The van der Waals surface area contributed by atoms with Crippen LogP contribution in [-0.4, -0.2) is 31.6 Å². The Balaban J connectivity index is 1.08.